The second-order valence-electron chi connectivity index (χ2n) is 4.19. The van der Waals surface area contributed by atoms with E-state index < -0.39 is 0 Å². The molecule has 0 aliphatic rings. The van der Waals surface area contributed by atoms with Gasteiger partial charge in [-0.15, -0.1) is 0 Å². The molecule has 0 aromatic carbocycles. The largest absolute Gasteiger partial charge is 0.393 e. The molecule has 1 atom stereocenters. The highest BCUT2D eigenvalue weighted by atomic mass is 32.1. The van der Waals surface area contributed by atoms with Gasteiger partial charge in [0.25, 0.3) is 0 Å². The Labute approximate surface area is 102 Å². The number of aryl methyl sites for hydroxylation is 1. The fourth-order valence-corrected chi connectivity index (χ4v) is 1.82. The Balaban J connectivity index is 2.29. The number of aliphatic hydroxyl groups is 1. The van der Waals surface area contributed by atoms with Crippen LogP contribution in [0, 0.1) is 4.77 Å². The minimum Gasteiger partial charge on any atom is -0.393 e. The second kappa shape index (κ2) is 6.81. The van der Waals surface area contributed by atoms with Crippen molar-refractivity contribution in [2.24, 2.45) is 7.05 Å². The van der Waals surface area contributed by atoms with E-state index in [-0.39, 0.29) is 6.10 Å². The molecule has 0 radical (unpaired) electrons. The molecule has 0 bridgehead atoms. The van der Waals surface area contributed by atoms with Crippen molar-refractivity contribution in [3.05, 3.63) is 10.6 Å². The summed E-state index contributed by atoms with van der Waals surface area (Å²) in [6, 6.07) is 0. The smallest absolute Gasteiger partial charge is 0.194 e. The molecule has 5 heteroatoms. The van der Waals surface area contributed by atoms with Crippen molar-refractivity contribution >= 4 is 12.2 Å². The topological polar surface area (TPSA) is 53.8 Å². The second-order valence-corrected chi connectivity index (χ2v) is 4.58. The van der Waals surface area contributed by atoms with E-state index in [1.807, 2.05) is 11.6 Å². The van der Waals surface area contributed by atoms with Crippen molar-refractivity contribution < 1.29 is 5.11 Å². The lowest BCUT2D eigenvalue weighted by Gasteiger charge is -2.09. The van der Waals surface area contributed by atoms with E-state index in [0.717, 1.165) is 31.5 Å². The lowest BCUT2D eigenvalue weighted by molar-refractivity contribution is 0.150. The molecule has 4 nitrogen and oxygen atoms in total. The maximum absolute atomic E-state index is 9.76. The molecule has 0 aliphatic heterocycles. The summed E-state index contributed by atoms with van der Waals surface area (Å²) in [5.74, 6) is 0.916. The minimum absolute atomic E-state index is 0.211. The Kier molecular flexibility index (Phi) is 5.69. The summed E-state index contributed by atoms with van der Waals surface area (Å²) in [5.41, 5.74) is 0. The zero-order chi connectivity index (χ0) is 12.0. The number of hydrogen-bond donors (Lipinski definition) is 2. The number of rotatable bonds is 7. The molecule has 0 saturated heterocycles. The van der Waals surface area contributed by atoms with E-state index in [1.54, 1.807) is 0 Å². The van der Waals surface area contributed by atoms with Crippen molar-refractivity contribution in [2.45, 2.75) is 51.6 Å². The Morgan fingerprint density at radius 1 is 1.44 bits per heavy atom. The maximum Gasteiger partial charge on any atom is 0.194 e. The molecule has 0 amide bonds. The average Bonchev–Trinajstić information content (AvgIpc) is 2.58. The molecule has 1 heterocycles. The fourth-order valence-electron chi connectivity index (χ4n) is 1.67. The van der Waals surface area contributed by atoms with Crippen LogP contribution in [0.15, 0.2) is 0 Å². The number of aliphatic hydroxyl groups excluding tert-OH is 1. The van der Waals surface area contributed by atoms with Gasteiger partial charge in [0.15, 0.2) is 4.77 Å². The zero-order valence-corrected chi connectivity index (χ0v) is 10.9. The normalized spacial score (nSPS) is 12.9. The molecule has 92 valence electrons. The highest BCUT2D eigenvalue weighted by molar-refractivity contribution is 7.71. The molecule has 2 N–H and O–H groups in total. The molecule has 1 aromatic heterocycles. The number of nitrogens with zero attached hydrogens (tertiary/aromatic N) is 2. The summed E-state index contributed by atoms with van der Waals surface area (Å²) in [6.45, 7) is 2.17. The van der Waals surface area contributed by atoms with Crippen LogP contribution < -0.4 is 0 Å². The summed E-state index contributed by atoms with van der Waals surface area (Å²) in [7, 11) is 1.89. The van der Waals surface area contributed by atoms with Crippen LogP contribution in [0.1, 0.15) is 44.9 Å². The Bertz CT molecular complexity index is 358. The van der Waals surface area contributed by atoms with Crippen LogP contribution in [-0.2, 0) is 13.5 Å². The standard InChI is InChI=1S/C11H21N3OS/c1-3-4-5-6-9(15)7-8-10-12-13-11(16)14(10)2/h9,15H,3-8H2,1-2H3,(H,13,16)/t9-/m1/s1. The van der Waals surface area contributed by atoms with E-state index in [2.05, 4.69) is 17.1 Å². The van der Waals surface area contributed by atoms with Crippen LogP contribution in [0.5, 0.6) is 0 Å². The first-order valence-corrected chi connectivity index (χ1v) is 6.34. The van der Waals surface area contributed by atoms with E-state index in [1.165, 1.54) is 12.8 Å². The predicted molar refractivity (Wildman–Crippen MR) is 66.9 cm³/mol. The van der Waals surface area contributed by atoms with E-state index in [4.69, 9.17) is 12.2 Å². The fraction of sp³-hybridized carbons (Fsp3) is 0.818. The van der Waals surface area contributed by atoms with Gasteiger partial charge in [-0.05, 0) is 25.1 Å². The van der Waals surface area contributed by atoms with Crippen LogP contribution >= 0.6 is 12.2 Å². The summed E-state index contributed by atoms with van der Waals surface area (Å²) in [4.78, 5) is 0. The first-order chi connectivity index (χ1) is 7.65. The molecular formula is C11H21N3OS. The van der Waals surface area contributed by atoms with Crippen LogP contribution in [0.3, 0.4) is 0 Å². The van der Waals surface area contributed by atoms with E-state index in [0.29, 0.717) is 4.77 Å². The minimum atomic E-state index is -0.211. The number of hydrogen-bond acceptors (Lipinski definition) is 3. The Hall–Kier alpha value is -0.680. The number of H-pyrrole nitrogens is 1. The van der Waals surface area contributed by atoms with Crippen LogP contribution in [0.4, 0.5) is 0 Å². The molecule has 1 aromatic rings. The molecule has 0 saturated carbocycles. The molecule has 16 heavy (non-hydrogen) atoms. The third-order valence-electron chi connectivity index (χ3n) is 2.81. The molecular weight excluding hydrogens is 222 g/mol. The van der Waals surface area contributed by atoms with Crippen molar-refractivity contribution in [3.63, 3.8) is 0 Å². The van der Waals surface area contributed by atoms with Crippen molar-refractivity contribution in [1.29, 1.82) is 0 Å². The third-order valence-corrected chi connectivity index (χ3v) is 3.18. The first kappa shape index (κ1) is 13.4. The van der Waals surface area contributed by atoms with Gasteiger partial charge in [0.2, 0.25) is 0 Å². The van der Waals surface area contributed by atoms with Crippen molar-refractivity contribution in [2.75, 3.05) is 0 Å². The number of aromatic amines is 1. The third kappa shape index (κ3) is 4.06. The van der Waals surface area contributed by atoms with E-state index in [9.17, 15) is 5.11 Å². The summed E-state index contributed by atoms with van der Waals surface area (Å²) in [5, 5.41) is 16.6. The van der Waals surface area contributed by atoms with Gasteiger partial charge in [0, 0.05) is 13.5 Å². The number of aromatic nitrogens is 3. The first-order valence-electron chi connectivity index (χ1n) is 5.93. The SMILES string of the molecule is CCCCC[C@@H](O)CCc1n[nH]c(=S)n1C. The number of unbranched alkanes of at least 4 members (excludes halogenated alkanes) is 2. The van der Waals surface area contributed by atoms with E-state index >= 15 is 0 Å². The number of nitrogens with one attached hydrogen (secondary N) is 1. The maximum atomic E-state index is 9.76. The van der Waals surface area contributed by atoms with Crippen molar-refractivity contribution in [1.82, 2.24) is 14.8 Å². The van der Waals surface area contributed by atoms with Gasteiger partial charge in [-0.25, -0.2) is 0 Å². The molecule has 0 spiro atoms. The molecule has 0 aliphatic carbocycles. The lowest BCUT2D eigenvalue weighted by atomic mass is 10.1. The van der Waals surface area contributed by atoms with Gasteiger partial charge in [-0.3, -0.25) is 5.10 Å². The molecule has 0 fully saturated rings. The Morgan fingerprint density at radius 3 is 2.75 bits per heavy atom. The Morgan fingerprint density at radius 2 is 2.19 bits per heavy atom. The van der Waals surface area contributed by atoms with Crippen LogP contribution in [0.25, 0.3) is 0 Å². The average molecular weight is 243 g/mol. The lowest BCUT2D eigenvalue weighted by Crippen LogP contribution is -2.10. The predicted octanol–water partition coefficient (Wildman–Crippen LogP) is 2.35. The zero-order valence-electron chi connectivity index (χ0n) is 10.1. The highest BCUT2D eigenvalue weighted by Gasteiger charge is 2.07. The van der Waals surface area contributed by atoms with Gasteiger partial charge in [0.1, 0.15) is 5.82 Å². The van der Waals surface area contributed by atoms with Gasteiger partial charge in [0.05, 0.1) is 6.10 Å². The quantitative estimate of drug-likeness (QED) is 0.571. The summed E-state index contributed by atoms with van der Waals surface area (Å²) < 4.78 is 2.49. The van der Waals surface area contributed by atoms with Gasteiger partial charge in [-0.1, -0.05) is 26.2 Å². The highest BCUT2D eigenvalue weighted by Crippen LogP contribution is 2.09. The molecule has 1 rings (SSSR count). The van der Waals surface area contributed by atoms with Crippen LogP contribution in [0.2, 0.25) is 0 Å². The summed E-state index contributed by atoms with van der Waals surface area (Å²) >= 11 is 5.02. The van der Waals surface area contributed by atoms with Gasteiger partial charge >= 0.3 is 0 Å². The monoisotopic (exact) mass is 243 g/mol. The van der Waals surface area contributed by atoms with Gasteiger partial charge in [-0.2, -0.15) is 5.10 Å². The van der Waals surface area contributed by atoms with Crippen LogP contribution in [-0.4, -0.2) is 26.0 Å². The van der Waals surface area contributed by atoms with Crippen molar-refractivity contribution in [3.8, 4) is 0 Å². The summed E-state index contributed by atoms with van der Waals surface area (Å²) in [6.07, 6.45) is 5.72. The van der Waals surface area contributed by atoms with Gasteiger partial charge < -0.3 is 9.67 Å². The molecule has 0 unspecified atom stereocenters.